The van der Waals surface area contributed by atoms with Gasteiger partial charge in [-0.05, 0) is 22.4 Å². The lowest BCUT2D eigenvalue weighted by Gasteiger charge is -2.18. The zero-order valence-corrected chi connectivity index (χ0v) is 7.82. The molecule has 0 aliphatic carbocycles. The average Bonchev–Trinajstić information content (AvgIpc) is 2.56. The number of aliphatic carboxylic acids is 1. The van der Waals surface area contributed by atoms with Crippen molar-refractivity contribution >= 4 is 23.7 Å². The zero-order chi connectivity index (χ0) is 9.84. The lowest BCUT2D eigenvalue weighted by Crippen LogP contribution is -2.29. The van der Waals surface area contributed by atoms with E-state index in [1.165, 1.54) is 18.4 Å². The molecule has 0 bridgehead atoms. The van der Waals surface area contributed by atoms with Gasteiger partial charge in [0.05, 0.1) is 0 Å². The molecule has 0 radical (unpaired) electrons. The molecule has 0 saturated carbocycles. The van der Waals surface area contributed by atoms with Gasteiger partial charge < -0.3 is 10.0 Å². The van der Waals surface area contributed by atoms with Gasteiger partial charge >= 0.3 is 5.97 Å². The third-order valence-corrected chi connectivity index (χ3v) is 2.37. The van der Waals surface area contributed by atoms with E-state index in [1.807, 2.05) is 0 Å². The fourth-order valence-corrected chi connectivity index (χ4v) is 1.72. The summed E-state index contributed by atoms with van der Waals surface area (Å²) in [5.74, 6) is -1.02. The van der Waals surface area contributed by atoms with Gasteiger partial charge in [0.2, 0.25) is 6.41 Å². The number of rotatable bonds is 4. The molecule has 0 spiro atoms. The number of carbonyl (C=O) groups is 2. The SMILES string of the molecule is CN(C=O)C(C(=O)O)c1ccsc1. The molecule has 1 aromatic rings. The van der Waals surface area contributed by atoms with Crippen molar-refractivity contribution in [3.05, 3.63) is 22.4 Å². The fraction of sp³-hybridized carbons (Fsp3) is 0.250. The van der Waals surface area contributed by atoms with Crippen LogP contribution < -0.4 is 0 Å². The van der Waals surface area contributed by atoms with Crippen LogP contribution in [0.1, 0.15) is 11.6 Å². The molecular formula is C8H9NO3S. The Kier molecular flexibility index (Phi) is 3.02. The summed E-state index contributed by atoms with van der Waals surface area (Å²) in [6.45, 7) is 0. The Labute approximate surface area is 79.4 Å². The van der Waals surface area contributed by atoms with Crippen LogP contribution in [0.25, 0.3) is 0 Å². The minimum atomic E-state index is -1.02. The van der Waals surface area contributed by atoms with Crippen LogP contribution in [-0.2, 0) is 9.59 Å². The van der Waals surface area contributed by atoms with Crippen molar-refractivity contribution in [1.29, 1.82) is 0 Å². The summed E-state index contributed by atoms with van der Waals surface area (Å²) in [6.07, 6.45) is 0.510. The van der Waals surface area contributed by atoms with E-state index in [4.69, 9.17) is 5.11 Å². The van der Waals surface area contributed by atoms with Crippen molar-refractivity contribution in [2.45, 2.75) is 6.04 Å². The minimum absolute atomic E-state index is 0.510. The highest BCUT2D eigenvalue weighted by atomic mass is 32.1. The Morgan fingerprint density at radius 1 is 1.77 bits per heavy atom. The molecule has 1 atom stereocenters. The number of hydrogen-bond acceptors (Lipinski definition) is 3. The van der Waals surface area contributed by atoms with E-state index in [9.17, 15) is 9.59 Å². The summed E-state index contributed by atoms with van der Waals surface area (Å²) in [4.78, 5) is 22.3. The highest BCUT2D eigenvalue weighted by molar-refractivity contribution is 7.08. The molecule has 1 N–H and O–H groups in total. The second-order valence-corrected chi connectivity index (χ2v) is 3.35. The van der Waals surface area contributed by atoms with Crippen LogP contribution in [0, 0.1) is 0 Å². The van der Waals surface area contributed by atoms with Crippen LogP contribution in [0.15, 0.2) is 16.8 Å². The summed E-state index contributed by atoms with van der Waals surface area (Å²) in [7, 11) is 1.45. The second kappa shape index (κ2) is 4.04. The van der Waals surface area contributed by atoms with E-state index in [0.717, 1.165) is 4.90 Å². The van der Waals surface area contributed by atoms with E-state index >= 15 is 0 Å². The molecule has 5 heteroatoms. The Bertz CT molecular complexity index is 296. The maximum absolute atomic E-state index is 10.8. The first-order valence-corrected chi connectivity index (χ1v) is 4.53. The molecule has 70 valence electrons. The van der Waals surface area contributed by atoms with Gasteiger partial charge in [-0.1, -0.05) is 0 Å². The topological polar surface area (TPSA) is 57.6 Å². The number of likely N-dealkylation sites (N-methyl/N-ethyl adjacent to an activating group) is 1. The highest BCUT2D eigenvalue weighted by Gasteiger charge is 2.23. The summed E-state index contributed by atoms with van der Waals surface area (Å²) >= 11 is 1.41. The van der Waals surface area contributed by atoms with Crippen LogP contribution in [0.2, 0.25) is 0 Å². The number of nitrogens with zero attached hydrogens (tertiary/aromatic N) is 1. The maximum Gasteiger partial charge on any atom is 0.331 e. The Morgan fingerprint density at radius 2 is 2.46 bits per heavy atom. The quantitative estimate of drug-likeness (QED) is 0.735. The van der Waals surface area contributed by atoms with Crippen LogP contribution in [0.5, 0.6) is 0 Å². The van der Waals surface area contributed by atoms with E-state index in [2.05, 4.69) is 0 Å². The van der Waals surface area contributed by atoms with Crippen molar-refractivity contribution < 1.29 is 14.7 Å². The van der Waals surface area contributed by atoms with Gasteiger partial charge in [-0.25, -0.2) is 4.79 Å². The number of thiophene rings is 1. The van der Waals surface area contributed by atoms with E-state index in [0.29, 0.717) is 12.0 Å². The molecule has 1 heterocycles. The van der Waals surface area contributed by atoms with Crippen molar-refractivity contribution in [1.82, 2.24) is 4.90 Å². The van der Waals surface area contributed by atoms with Crippen molar-refractivity contribution in [2.24, 2.45) is 0 Å². The Balaban J connectivity index is 2.93. The summed E-state index contributed by atoms with van der Waals surface area (Å²) < 4.78 is 0. The molecule has 0 fully saturated rings. The molecule has 1 amide bonds. The minimum Gasteiger partial charge on any atom is -0.479 e. The molecule has 0 saturated heterocycles. The van der Waals surface area contributed by atoms with Gasteiger partial charge in [0.15, 0.2) is 6.04 Å². The first-order chi connectivity index (χ1) is 6.16. The summed E-state index contributed by atoms with van der Waals surface area (Å²) in [6, 6.07) is 0.826. The lowest BCUT2D eigenvalue weighted by molar-refractivity contribution is -0.145. The van der Waals surface area contributed by atoms with Gasteiger partial charge in [-0.2, -0.15) is 11.3 Å². The number of hydrogen-bond donors (Lipinski definition) is 1. The number of carbonyl (C=O) groups excluding carboxylic acids is 1. The van der Waals surface area contributed by atoms with Crippen LogP contribution in [-0.4, -0.2) is 29.4 Å². The number of carboxylic acids is 1. The maximum atomic E-state index is 10.8. The van der Waals surface area contributed by atoms with Gasteiger partial charge in [0.1, 0.15) is 0 Å². The monoisotopic (exact) mass is 199 g/mol. The average molecular weight is 199 g/mol. The third kappa shape index (κ3) is 2.06. The molecule has 1 rings (SSSR count). The largest absolute Gasteiger partial charge is 0.479 e. The summed E-state index contributed by atoms with van der Waals surface area (Å²) in [5, 5.41) is 12.4. The fourth-order valence-electron chi connectivity index (χ4n) is 1.04. The normalized spacial score (nSPS) is 12.1. The molecule has 0 aliphatic rings. The zero-order valence-electron chi connectivity index (χ0n) is 7.01. The number of amides is 1. The highest BCUT2D eigenvalue weighted by Crippen LogP contribution is 2.20. The standard InChI is InChI=1S/C8H9NO3S/c1-9(5-10)7(8(11)12)6-2-3-13-4-6/h2-5,7H,1H3,(H,11,12). The van der Waals surface area contributed by atoms with Crippen molar-refractivity contribution in [3.8, 4) is 0 Å². The first kappa shape index (κ1) is 9.73. The van der Waals surface area contributed by atoms with Crippen molar-refractivity contribution in [2.75, 3.05) is 7.05 Å². The predicted octanol–water partition coefficient (Wildman–Crippen LogP) is 0.962. The van der Waals surface area contributed by atoms with Gasteiger partial charge in [-0.15, -0.1) is 0 Å². The molecule has 13 heavy (non-hydrogen) atoms. The molecular weight excluding hydrogens is 190 g/mol. The van der Waals surface area contributed by atoms with E-state index < -0.39 is 12.0 Å². The van der Waals surface area contributed by atoms with Gasteiger partial charge in [0.25, 0.3) is 0 Å². The Hall–Kier alpha value is -1.36. The molecule has 1 aromatic heterocycles. The van der Waals surface area contributed by atoms with Gasteiger partial charge in [-0.3, -0.25) is 4.79 Å². The van der Waals surface area contributed by atoms with Gasteiger partial charge in [0, 0.05) is 7.05 Å². The smallest absolute Gasteiger partial charge is 0.331 e. The third-order valence-electron chi connectivity index (χ3n) is 1.67. The molecule has 0 aliphatic heterocycles. The molecule has 4 nitrogen and oxygen atoms in total. The summed E-state index contributed by atoms with van der Waals surface area (Å²) in [5.41, 5.74) is 0.632. The first-order valence-electron chi connectivity index (χ1n) is 3.59. The second-order valence-electron chi connectivity index (χ2n) is 2.57. The Morgan fingerprint density at radius 3 is 2.85 bits per heavy atom. The van der Waals surface area contributed by atoms with Crippen LogP contribution >= 0.6 is 11.3 Å². The number of carboxylic acid groups (broad SMARTS) is 1. The molecule has 0 aromatic carbocycles. The molecule has 1 unspecified atom stereocenters. The van der Waals surface area contributed by atoms with E-state index in [-0.39, 0.29) is 0 Å². The van der Waals surface area contributed by atoms with Crippen LogP contribution in [0.4, 0.5) is 0 Å². The van der Waals surface area contributed by atoms with Crippen LogP contribution in [0.3, 0.4) is 0 Å². The van der Waals surface area contributed by atoms with Crippen molar-refractivity contribution in [3.63, 3.8) is 0 Å². The predicted molar refractivity (Wildman–Crippen MR) is 48.5 cm³/mol. The van der Waals surface area contributed by atoms with E-state index in [1.54, 1.807) is 16.8 Å². The lowest BCUT2D eigenvalue weighted by atomic mass is 10.1.